The van der Waals surface area contributed by atoms with Crippen LogP contribution in [0, 0.1) is 12.8 Å². The summed E-state index contributed by atoms with van der Waals surface area (Å²) in [7, 11) is 3.25. The Bertz CT molecular complexity index is 873. The first-order valence-corrected chi connectivity index (χ1v) is 12.4. The maximum atomic E-state index is 13.1. The number of rotatable bonds is 4. The molecule has 4 rings (SSSR count). The van der Waals surface area contributed by atoms with Crippen LogP contribution in [0.3, 0.4) is 0 Å². The Morgan fingerprint density at radius 2 is 1.75 bits per heavy atom. The van der Waals surface area contributed by atoms with Crippen LogP contribution in [0.2, 0.25) is 0 Å². The average Bonchev–Trinajstić information content (AvgIpc) is 3.09. The lowest BCUT2D eigenvalue weighted by atomic mass is 9.95. The van der Waals surface area contributed by atoms with E-state index >= 15 is 0 Å². The molecule has 2 N–H and O–H groups in total. The van der Waals surface area contributed by atoms with Crippen molar-refractivity contribution in [1.29, 1.82) is 0 Å². The molecule has 1 aromatic rings. The number of hydrogen-bond donors (Lipinski definition) is 2. The van der Waals surface area contributed by atoms with Gasteiger partial charge >= 0.3 is 6.03 Å². The van der Waals surface area contributed by atoms with E-state index in [0.29, 0.717) is 5.75 Å². The quantitative estimate of drug-likeness (QED) is 0.718. The van der Waals surface area contributed by atoms with E-state index < -0.39 is 12.1 Å². The number of imide groups is 1. The normalized spacial score (nSPS) is 29.0. The first-order valence-electron chi connectivity index (χ1n) is 11.4. The van der Waals surface area contributed by atoms with Gasteiger partial charge in [-0.25, -0.2) is 4.79 Å². The van der Waals surface area contributed by atoms with Crippen molar-refractivity contribution in [3.8, 4) is 0 Å². The van der Waals surface area contributed by atoms with E-state index in [-0.39, 0.29) is 29.4 Å². The van der Waals surface area contributed by atoms with Gasteiger partial charge in [-0.2, -0.15) is 0 Å². The lowest BCUT2D eigenvalue weighted by Crippen LogP contribution is -2.72. The molecule has 3 saturated heterocycles. The van der Waals surface area contributed by atoms with E-state index in [9.17, 15) is 14.4 Å². The van der Waals surface area contributed by atoms with Crippen LogP contribution >= 0.6 is 11.8 Å². The van der Waals surface area contributed by atoms with Crippen LogP contribution in [0.5, 0.6) is 0 Å². The molecule has 9 heteroatoms. The van der Waals surface area contributed by atoms with Crippen molar-refractivity contribution < 1.29 is 14.4 Å². The molecule has 1 aromatic carbocycles. The van der Waals surface area contributed by atoms with Gasteiger partial charge in [0.25, 0.3) is 0 Å². The summed E-state index contributed by atoms with van der Waals surface area (Å²) in [6.07, 6.45) is 3.79. The Labute approximate surface area is 194 Å². The van der Waals surface area contributed by atoms with E-state index in [2.05, 4.69) is 10.6 Å². The first kappa shape index (κ1) is 23.1. The second-order valence-electron chi connectivity index (χ2n) is 8.91. The standard InChI is InChI=1S/C23H33N5O3S/c1-15-10-6-7-11-16(15)19-24-20-18(22(30)27(3)23(31)26(20)2)21(25-19)32-14-17(29)28-12-8-4-5-9-13-28/h6-7,10-11,18-21,24-25H,4-5,8-9,12-14H2,1-3H3. The van der Waals surface area contributed by atoms with Crippen LogP contribution < -0.4 is 10.6 Å². The number of fused-ring (bicyclic) bond motifs is 1. The Kier molecular flexibility index (Phi) is 7.07. The number of nitrogens with zero attached hydrogens (tertiary/aromatic N) is 3. The summed E-state index contributed by atoms with van der Waals surface area (Å²) >= 11 is 1.48. The molecule has 3 fully saturated rings. The maximum Gasteiger partial charge on any atom is 0.327 e. The highest BCUT2D eigenvalue weighted by molar-refractivity contribution is 8.00. The van der Waals surface area contributed by atoms with Crippen LogP contribution in [-0.2, 0) is 9.59 Å². The van der Waals surface area contributed by atoms with Gasteiger partial charge < -0.3 is 9.80 Å². The van der Waals surface area contributed by atoms with Crippen LogP contribution in [0.1, 0.15) is 43.0 Å². The van der Waals surface area contributed by atoms with Crippen LogP contribution in [0.25, 0.3) is 0 Å². The predicted octanol–water partition coefficient (Wildman–Crippen LogP) is 2.11. The van der Waals surface area contributed by atoms with Gasteiger partial charge in [0.05, 0.1) is 29.4 Å². The summed E-state index contributed by atoms with van der Waals surface area (Å²) in [4.78, 5) is 43.4. The molecule has 174 valence electrons. The SMILES string of the molecule is Cc1ccccc1C1NC(SCC(=O)N2CCCCCC2)C2C(=O)N(C)C(=O)N(C)C2N1. The zero-order valence-electron chi connectivity index (χ0n) is 19.0. The fraction of sp³-hybridized carbons (Fsp3) is 0.609. The largest absolute Gasteiger partial charge is 0.342 e. The van der Waals surface area contributed by atoms with Gasteiger partial charge in [-0.3, -0.25) is 25.1 Å². The average molecular weight is 460 g/mol. The molecule has 0 saturated carbocycles. The number of likely N-dealkylation sites (tertiary alicyclic amines) is 1. The third-order valence-corrected chi connectivity index (χ3v) is 8.00. The van der Waals surface area contributed by atoms with Crippen molar-refractivity contribution in [3.05, 3.63) is 35.4 Å². The van der Waals surface area contributed by atoms with Gasteiger partial charge in [0.1, 0.15) is 0 Å². The summed E-state index contributed by atoms with van der Waals surface area (Å²) in [5.74, 6) is -0.260. The van der Waals surface area contributed by atoms with Crippen molar-refractivity contribution in [1.82, 2.24) is 25.3 Å². The summed E-state index contributed by atoms with van der Waals surface area (Å²) in [5.41, 5.74) is 2.19. The van der Waals surface area contributed by atoms with E-state index in [1.54, 1.807) is 11.9 Å². The molecule has 3 heterocycles. The molecule has 4 amide bonds. The van der Waals surface area contributed by atoms with Crippen molar-refractivity contribution >= 4 is 29.6 Å². The smallest absolute Gasteiger partial charge is 0.327 e. The number of thioether (sulfide) groups is 1. The molecule has 0 aromatic heterocycles. The highest BCUT2D eigenvalue weighted by atomic mass is 32.2. The third kappa shape index (κ3) is 4.51. The van der Waals surface area contributed by atoms with Crippen molar-refractivity contribution in [2.24, 2.45) is 5.92 Å². The zero-order valence-corrected chi connectivity index (χ0v) is 19.9. The number of urea groups is 1. The maximum absolute atomic E-state index is 13.1. The number of carbonyl (C=O) groups is 3. The molecule has 3 aliphatic heterocycles. The molecule has 8 nitrogen and oxygen atoms in total. The number of benzene rings is 1. The summed E-state index contributed by atoms with van der Waals surface area (Å²) in [5, 5.41) is 6.73. The number of nitrogens with one attached hydrogen (secondary N) is 2. The fourth-order valence-electron chi connectivity index (χ4n) is 4.86. The van der Waals surface area contributed by atoms with Gasteiger partial charge in [0.15, 0.2) is 0 Å². The first-order chi connectivity index (χ1) is 15.4. The van der Waals surface area contributed by atoms with E-state index in [1.165, 1.54) is 36.6 Å². The van der Waals surface area contributed by atoms with Gasteiger partial charge in [-0.1, -0.05) is 37.1 Å². The molecular weight excluding hydrogens is 426 g/mol. The summed E-state index contributed by atoms with van der Waals surface area (Å²) < 4.78 is 0. The summed E-state index contributed by atoms with van der Waals surface area (Å²) in [6.45, 7) is 3.68. The predicted molar refractivity (Wildman–Crippen MR) is 125 cm³/mol. The second-order valence-corrected chi connectivity index (χ2v) is 10.0. The molecule has 32 heavy (non-hydrogen) atoms. The Morgan fingerprint density at radius 1 is 1.06 bits per heavy atom. The van der Waals surface area contributed by atoms with E-state index in [4.69, 9.17) is 0 Å². The minimum Gasteiger partial charge on any atom is -0.342 e. The molecule has 0 aliphatic carbocycles. The minimum atomic E-state index is -0.482. The third-order valence-electron chi connectivity index (χ3n) is 6.80. The van der Waals surface area contributed by atoms with E-state index in [0.717, 1.165) is 37.1 Å². The van der Waals surface area contributed by atoms with Crippen molar-refractivity contribution in [2.45, 2.75) is 50.3 Å². The topological polar surface area (TPSA) is 85.0 Å². The molecule has 4 unspecified atom stereocenters. The minimum absolute atomic E-state index is 0.127. The highest BCUT2D eigenvalue weighted by Gasteiger charge is 2.51. The lowest BCUT2D eigenvalue weighted by Gasteiger charge is -2.50. The highest BCUT2D eigenvalue weighted by Crippen LogP contribution is 2.35. The van der Waals surface area contributed by atoms with Crippen LogP contribution in [-0.4, -0.2) is 77.0 Å². The van der Waals surface area contributed by atoms with E-state index in [1.807, 2.05) is 36.1 Å². The number of carbonyl (C=O) groups excluding carboxylic acids is 3. The van der Waals surface area contributed by atoms with Crippen LogP contribution in [0.15, 0.2) is 24.3 Å². The second kappa shape index (κ2) is 9.80. The molecule has 0 spiro atoms. The van der Waals surface area contributed by atoms with Gasteiger partial charge in [-0.05, 0) is 30.9 Å². The number of hydrogen-bond acceptors (Lipinski definition) is 6. The lowest BCUT2D eigenvalue weighted by molar-refractivity contribution is -0.140. The Morgan fingerprint density at radius 3 is 2.44 bits per heavy atom. The Hall–Kier alpha value is -2.10. The fourth-order valence-corrected chi connectivity index (χ4v) is 6.07. The van der Waals surface area contributed by atoms with Gasteiger partial charge in [0.2, 0.25) is 11.8 Å². The molecule has 0 bridgehead atoms. The number of amides is 4. The monoisotopic (exact) mass is 459 g/mol. The van der Waals surface area contributed by atoms with Gasteiger partial charge in [-0.15, -0.1) is 11.8 Å². The summed E-state index contributed by atoms with van der Waals surface area (Å²) in [6, 6.07) is 7.74. The van der Waals surface area contributed by atoms with Crippen LogP contribution in [0.4, 0.5) is 4.79 Å². The molecular formula is C23H33N5O3S. The zero-order chi connectivity index (χ0) is 22.8. The van der Waals surface area contributed by atoms with Gasteiger partial charge in [0, 0.05) is 27.2 Å². The van der Waals surface area contributed by atoms with Crippen molar-refractivity contribution in [2.75, 3.05) is 32.9 Å². The molecule has 3 aliphatic rings. The molecule has 0 radical (unpaired) electrons. The number of aryl methyl sites for hydroxylation is 1. The van der Waals surface area contributed by atoms with Crippen molar-refractivity contribution in [3.63, 3.8) is 0 Å². The molecule has 4 atom stereocenters. The Balaban J connectivity index is 1.55.